The lowest BCUT2D eigenvalue weighted by Gasteiger charge is -1.96. The predicted molar refractivity (Wildman–Crippen MR) is 99.0 cm³/mol. The van der Waals surface area contributed by atoms with E-state index in [0.29, 0.717) is 10.7 Å². The van der Waals surface area contributed by atoms with Crippen LogP contribution in [0.5, 0.6) is 0 Å². The van der Waals surface area contributed by atoms with Crippen LogP contribution in [0.25, 0.3) is 16.6 Å². The molecule has 0 saturated heterocycles. The molecule has 3 rings (SSSR count). The smallest absolute Gasteiger partial charge is 0.270 e. The van der Waals surface area contributed by atoms with Crippen molar-refractivity contribution in [2.45, 2.75) is 0 Å². The lowest BCUT2D eigenvalue weighted by molar-refractivity contribution is -0.384. The molecule has 0 unspecified atom stereocenters. The van der Waals surface area contributed by atoms with Crippen molar-refractivity contribution in [3.05, 3.63) is 86.4 Å². The third kappa shape index (κ3) is 4.17. The Morgan fingerprint density at radius 2 is 1.96 bits per heavy atom. The summed E-state index contributed by atoms with van der Waals surface area (Å²) in [4.78, 5) is 26.9. The van der Waals surface area contributed by atoms with E-state index in [0.717, 1.165) is 10.6 Å². The van der Waals surface area contributed by atoms with Gasteiger partial charge in [0.2, 0.25) is 0 Å². The van der Waals surface area contributed by atoms with Gasteiger partial charge < -0.3 is 0 Å². The normalized spacial score (nSPS) is 10.9. The summed E-state index contributed by atoms with van der Waals surface area (Å²) >= 11 is 7.33. The Labute approximate surface area is 152 Å². The van der Waals surface area contributed by atoms with Crippen molar-refractivity contribution in [1.82, 2.24) is 4.98 Å². The molecule has 0 spiro atoms. The highest BCUT2D eigenvalue weighted by Crippen LogP contribution is 2.25. The second kappa shape index (κ2) is 7.38. The molecule has 1 heterocycles. The van der Waals surface area contributed by atoms with Gasteiger partial charge in [-0.2, -0.15) is 0 Å². The number of carbonyl (C=O) groups is 1. The molecule has 0 aliphatic heterocycles. The number of benzene rings is 2. The van der Waals surface area contributed by atoms with Crippen LogP contribution in [0, 0.1) is 10.1 Å². The van der Waals surface area contributed by atoms with Crippen LogP contribution in [0.3, 0.4) is 0 Å². The summed E-state index contributed by atoms with van der Waals surface area (Å²) in [6, 6.07) is 13.0. The monoisotopic (exact) mass is 370 g/mol. The number of non-ortho nitro benzene ring substituents is 1. The highest BCUT2D eigenvalue weighted by atomic mass is 35.5. The number of aromatic nitrogens is 1. The van der Waals surface area contributed by atoms with E-state index in [2.05, 4.69) is 4.98 Å². The molecule has 0 fully saturated rings. The van der Waals surface area contributed by atoms with E-state index in [4.69, 9.17) is 11.6 Å². The minimum Gasteiger partial charge on any atom is -0.289 e. The van der Waals surface area contributed by atoms with E-state index in [1.54, 1.807) is 24.3 Å². The van der Waals surface area contributed by atoms with E-state index < -0.39 is 4.92 Å². The number of nitro groups is 1. The molecule has 3 aromatic rings. The second-order valence-corrected chi connectivity index (χ2v) is 6.38. The first kappa shape index (κ1) is 17.0. The fraction of sp³-hybridized carbons (Fsp3) is 0. The molecular weight excluding hydrogens is 360 g/mol. The zero-order valence-corrected chi connectivity index (χ0v) is 14.3. The van der Waals surface area contributed by atoms with Crippen molar-refractivity contribution in [2.24, 2.45) is 0 Å². The summed E-state index contributed by atoms with van der Waals surface area (Å²) in [5, 5.41) is 14.1. The Morgan fingerprint density at radius 3 is 2.68 bits per heavy atom. The number of rotatable bonds is 5. The molecule has 124 valence electrons. The molecule has 5 nitrogen and oxygen atoms in total. The molecule has 0 aliphatic rings. The number of hydrogen-bond donors (Lipinski definition) is 0. The first-order valence-electron chi connectivity index (χ1n) is 7.21. The minimum absolute atomic E-state index is 0.113. The van der Waals surface area contributed by atoms with Gasteiger partial charge >= 0.3 is 0 Å². The van der Waals surface area contributed by atoms with Gasteiger partial charge in [-0.25, -0.2) is 4.98 Å². The third-order valence-corrected chi connectivity index (χ3v) is 4.52. The van der Waals surface area contributed by atoms with E-state index >= 15 is 0 Å². The quantitative estimate of drug-likeness (QED) is 0.265. The van der Waals surface area contributed by atoms with Gasteiger partial charge in [-0.3, -0.25) is 14.9 Å². The number of halogens is 1. The van der Waals surface area contributed by atoms with Crippen LogP contribution < -0.4 is 0 Å². The molecule has 0 amide bonds. The molecule has 0 aliphatic carbocycles. The van der Waals surface area contributed by atoms with Gasteiger partial charge in [0, 0.05) is 33.7 Å². The summed E-state index contributed by atoms with van der Waals surface area (Å²) in [5.41, 5.74) is 1.74. The topological polar surface area (TPSA) is 73.1 Å². The number of ketones is 1. The van der Waals surface area contributed by atoms with Gasteiger partial charge in [0.05, 0.1) is 10.6 Å². The van der Waals surface area contributed by atoms with Crippen LogP contribution >= 0.6 is 22.9 Å². The van der Waals surface area contributed by atoms with Crippen molar-refractivity contribution in [3.8, 4) is 10.6 Å². The first-order valence-corrected chi connectivity index (χ1v) is 8.47. The van der Waals surface area contributed by atoms with Gasteiger partial charge in [0.15, 0.2) is 5.78 Å². The first-order chi connectivity index (χ1) is 12.0. The van der Waals surface area contributed by atoms with Crippen LogP contribution in [-0.4, -0.2) is 15.7 Å². The van der Waals surface area contributed by atoms with Crippen molar-refractivity contribution in [1.29, 1.82) is 0 Å². The number of allylic oxidation sites excluding steroid dienone is 1. The second-order valence-electron chi connectivity index (χ2n) is 5.09. The fourth-order valence-corrected chi connectivity index (χ4v) is 3.04. The summed E-state index contributed by atoms with van der Waals surface area (Å²) in [5.74, 6) is -0.315. The fourth-order valence-electron chi connectivity index (χ4n) is 2.12. The summed E-state index contributed by atoms with van der Waals surface area (Å²) < 4.78 is 0. The van der Waals surface area contributed by atoms with Crippen molar-refractivity contribution in [2.75, 3.05) is 0 Å². The van der Waals surface area contributed by atoms with Gasteiger partial charge in [0.1, 0.15) is 5.01 Å². The van der Waals surface area contributed by atoms with Gasteiger partial charge in [-0.05, 0) is 24.3 Å². The van der Waals surface area contributed by atoms with E-state index in [9.17, 15) is 14.9 Å². The van der Waals surface area contributed by atoms with E-state index in [1.807, 2.05) is 17.5 Å². The molecule has 0 atom stereocenters. The van der Waals surface area contributed by atoms with Crippen LogP contribution in [0.4, 0.5) is 5.69 Å². The number of nitrogens with zero attached hydrogens (tertiary/aromatic N) is 2. The Morgan fingerprint density at radius 1 is 1.20 bits per heavy atom. The maximum Gasteiger partial charge on any atom is 0.270 e. The largest absolute Gasteiger partial charge is 0.289 e. The maximum absolute atomic E-state index is 12.2. The van der Waals surface area contributed by atoms with Crippen molar-refractivity contribution < 1.29 is 9.72 Å². The van der Waals surface area contributed by atoms with E-state index in [1.165, 1.54) is 35.6 Å². The molecule has 0 bridgehead atoms. The average Bonchev–Trinajstić information content (AvgIpc) is 3.09. The number of carbonyl (C=O) groups excluding carboxylic acids is 1. The molecule has 25 heavy (non-hydrogen) atoms. The number of nitro benzene ring substituents is 1. The standard InChI is InChI=1S/C18H11ClN2O3S/c19-14-6-4-12(5-7-14)18-20-15(11-25-18)8-9-17(22)13-2-1-3-16(10-13)21(23)24/h1-11H/b9-8+. The van der Waals surface area contributed by atoms with Gasteiger partial charge in [-0.1, -0.05) is 35.9 Å². The third-order valence-electron chi connectivity index (χ3n) is 3.36. The van der Waals surface area contributed by atoms with Crippen LogP contribution in [-0.2, 0) is 0 Å². The Bertz CT molecular complexity index is 964. The van der Waals surface area contributed by atoms with Crippen LogP contribution in [0.15, 0.2) is 60.0 Å². The van der Waals surface area contributed by atoms with E-state index in [-0.39, 0.29) is 17.0 Å². The predicted octanol–water partition coefficient (Wildman–Crippen LogP) is 5.27. The Hall–Kier alpha value is -2.83. The highest BCUT2D eigenvalue weighted by molar-refractivity contribution is 7.13. The minimum atomic E-state index is -0.528. The van der Waals surface area contributed by atoms with Crippen molar-refractivity contribution >= 4 is 40.5 Å². The average molecular weight is 371 g/mol. The number of hydrogen-bond acceptors (Lipinski definition) is 5. The van der Waals surface area contributed by atoms with Crippen LogP contribution in [0.2, 0.25) is 5.02 Å². The van der Waals surface area contributed by atoms with Gasteiger partial charge in [-0.15, -0.1) is 11.3 Å². The van der Waals surface area contributed by atoms with Crippen molar-refractivity contribution in [3.63, 3.8) is 0 Å². The molecule has 1 aromatic heterocycles. The Kier molecular flexibility index (Phi) is 5.02. The molecule has 0 radical (unpaired) electrons. The summed E-state index contributed by atoms with van der Waals surface area (Å²) in [6.45, 7) is 0. The zero-order valence-electron chi connectivity index (χ0n) is 12.8. The molecule has 0 N–H and O–H groups in total. The zero-order chi connectivity index (χ0) is 17.8. The highest BCUT2D eigenvalue weighted by Gasteiger charge is 2.09. The molecule has 7 heteroatoms. The summed E-state index contributed by atoms with van der Waals surface area (Å²) in [6.07, 6.45) is 2.96. The SMILES string of the molecule is O=C(/C=C/c1csc(-c2ccc(Cl)cc2)n1)c1cccc([N+](=O)[O-])c1. The molecule has 0 saturated carbocycles. The molecular formula is C18H11ClN2O3S. The maximum atomic E-state index is 12.2. The van der Waals surface area contributed by atoms with Crippen LogP contribution in [0.1, 0.15) is 16.1 Å². The molecule has 2 aromatic carbocycles. The lowest BCUT2D eigenvalue weighted by atomic mass is 10.1. The number of thiazole rings is 1. The Balaban J connectivity index is 1.76. The lowest BCUT2D eigenvalue weighted by Crippen LogP contribution is -1.96. The summed E-state index contributed by atoms with van der Waals surface area (Å²) in [7, 11) is 0. The van der Waals surface area contributed by atoms with Gasteiger partial charge in [0.25, 0.3) is 5.69 Å².